The van der Waals surface area contributed by atoms with E-state index in [1.807, 2.05) is 44.2 Å². The highest BCUT2D eigenvalue weighted by molar-refractivity contribution is 5.93. The summed E-state index contributed by atoms with van der Waals surface area (Å²) in [7, 11) is 0. The molecule has 0 aliphatic rings. The highest BCUT2D eigenvalue weighted by Gasteiger charge is 2.05. The predicted molar refractivity (Wildman–Crippen MR) is 77.8 cm³/mol. The molecule has 0 atom stereocenters. The second-order valence-electron chi connectivity index (χ2n) is 4.45. The molecule has 0 aliphatic carbocycles. The Labute approximate surface area is 118 Å². The summed E-state index contributed by atoms with van der Waals surface area (Å²) in [5.41, 5.74) is 2.46. The van der Waals surface area contributed by atoms with Crippen LogP contribution in [-0.4, -0.2) is 17.5 Å². The molecule has 1 heterocycles. The highest BCUT2D eigenvalue weighted by Crippen LogP contribution is 2.13. The van der Waals surface area contributed by atoms with Gasteiger partial charge in [-0.05, 0) is 43.7 Å². The van der Waals surface area contributed by atoms with Crippen molar-refractivity contribution in [2.24, 2.45) is 0 Å². The lowest BCUT2D eigenvalue weighted by Crippen LogP contribution is -2.22. The van der Waals surface area contributed by atoms with Crippen LogP contribution in [0.25, 0.3) is 0 Å². The van der Waals surface area contributed by atoms with Crippen molar-refractivity contribution in [2.75, 3.05) is 6.61 Å². The van der Waals surface area contributed by atoms with E-state index in [1.54, 1.807) is 12.3 Å². The van der Waals surface area contributed by atoms with E-state index in [2.05, 4.69) is 10.3 Å². The molecule has 1 aromatic heterocycles. The topological polar surface area (TPSA) is 51.2 Å². The minimum absolute atomic E-state index is 0.126. The maximum atomic E-state index is 12.0. The normalized spacial score (nSPS) is 10.1. The van der Waals surface area contributed by atoms with Gasteiger partial charge in [-0.3, -0.25) is 9.78 Å². The Kier molecular flexibility index (Phi) is 4.71. The summed E-state index contributed by atoms with van der Waals surface area (Å²) in [4.78, 5) is 16.1. The van der Waals surface area contributed by atoms with Crippen LogP contribution in [-0.2, 0) is 6.54 Å². The summed E-state index contributed by atoms with van der Waals surface area (Å²) in [5.74, 6) is 0.690. The van der Waals surface area contributed by atoms with E-state index in [-0.39, 0.29) is 5.91 Å². The van der Waals surface area contributed by atoms with Gasteiger partial charge in [0.1, 0.15) is 5.75 Å². The second kappa shape index (κ2) is 6.70. The van der Waals surface area contributed by atoms with Crippen LogP contribution in [0.5, 0.6) is 5.75 Å². The first-order valence-electron chi connectivity index (χ1n) is 6.61. The zero-order valence-electron chi connectivity index (χ0n) is 11.7. The fourth-order valence-corrected chi connectivity index (χ4v) is 1.80. The molecule has 4 nitrogen and oxygen atoms in total. The molecular formula is C16H18N2O2. The first kappa shape index (κ1) is 14.1. The number of rotatable bonds is 5. The van der Waals surface area contributed by atoms with E-state index < -0.39 is 0 Å². The first-order valence-corrected chi connectivity index (χ1v) is 6.61. The van der Waals surface area contributed by atoms with E-state index in [9.17, 15) is 4.79 Å². The molecule has 0 radical (unpaired) electrons. The molecular weight excluding hydrogens is 252 g/mol. The van der Waals surface area contributed by atoms with Crippen LogP contribution < -0.4 is 10.1 Å². The lowest BCUT2D eigenvalue weighted by molar-refractivity contribution is 0.0950. The van der Waals surface area contributed by atoms with Crippen molar-refractivity contribution in [3.05, 3.63) is 59.4 Å². The third-order valence-electron chi connectivity index (χ3n) is 2.84. The molecule has 20 heavy (non-hydrogen) atoms. The van der Waals surface area contributed by atoms with Crippen molar-refractivity contribution in [1.82, 2.24) is 10.3 Å². The Morgan fingerprint density at radius 2 is 2.15 bits per heavy atom. The first-order chi connectivity index (χ1) is 9.69. The van der Waals surface area contributed by atoms with Gasteiger partial charge in [-0.2, -0.15) is 0 Å². The van der Waals surface area contributed by atoms with Crippen molar-refractivity contribution in [2.45, 2.75) is 20.4 Å². The lowest BCUT2D eigenvalue weighted by atomic mass is 10.2. The van der Waals surface area contributed by atoms with Gasteiger partial charge in [-0.15, -0.1) is 0 Å². The average molecular weight is 270 g/mol. The van der Waals surface area contributed by atoms with Crippen LogP contribution >= 0.6 is 0 Å². The Bertz CT molecular complexity index is 579. The molecule has 1 amide bonds. The summed E-state index contributed by atoms with van der Waals surface area (Å²) >= 11 is 0. The molecule has 0 bridgehead atoms. The van der Waals surface area contributed by atoms with E-state index >= 15 is 0 Å². The Hall–Kier alpha value is -2.36. The maximum Gasteiger partial charge on any atom is 0.253 e. The van der Waals surface area contributed by atoms with Gasteiger partial charge < -0.3 is 10.1 Å². The number of nitrogens with one attached hydrogen (secondary N) is 1. The molecule has 0 saturated carbocycles. The summed E-state index contributed by atoms with van der Waals surface area (Å²) in [5, 5.41) is 2.87. The zero-order chi connectivity index (χ0) is 14.4. The fourth-order valence-electron chi connectivity index (χ4n) is 1.80. The molecule has 1 N–H and O–H groups in total. The molecule has 0 fully saturated rings. The predicted octanol–water partition coefficient (Wildman–Crippen LogP) is 2.72. The van der Waals surface area contributed by atoms with E-state index in [0.717, 1.165) is 17.0 Å². The van der Waals surface area contributed by atoms with Gasteiger partial charge in [0.15, 0.2) is 0 Å². The van der Waals surface area contributed by atoms with Crippen LogP contribution in [0.15, 0.2) is 42.6 Å². The molecule has 1 aromatic carbocycles. The Morgan fingerprint density at radius 3 is 2.85 bits per heavy atom. The molecule has 0 unspecified atom stereocenters. The average Bonchev–Trinajstić information content (AvgIpc) is 2.46. The number of nitrogens with zero attached hydrogens (tertiary/aromatic N) is 1. The van der Waals surface area contributed by atoms with Gasteiger partial charge >= 0.3 is 0 Å². The van der Waals surface area contributed by atoms with Crippen molar-refractivity contribution < 1.29 is 9.53 Å². The number of carbonyl (C=O) groups excluding carboxylic acids is 1. The van der Waals surface area contributed by atoms with E-state index in [4.69, 9.17) is 4.74 Å². The van der Waals surface area contributed by atoms with Crippen molar-refractivity contribution in [1.29, 1.82) is 0 Å². The maximum absolute atomic E-state index is 12.0. The van der Waals surface area contributed by atoms with Crippen LogP contribution in [0.3, 0.4) is 0 Å². The molecule has 104 valence electrons. The summed E-state index contributed by atoms with van der Waals surface area (Å²) in [6.45, 7) is 4.93. The fraction of sp³-hybridized carbons (Fsp3) is 0.250. The minimum Gasteiger partial charge on any atom is -0.494 e. The SMILES string of the molecule is CCOc1cccc(CNC(=O)c2ccc(C)nc2)c1. The summed E-state index contributed by atoms with van der Waals surface area (Å²) in [6, 6.07) is 11.3. The number of hydrogen-bond donors (Lipinski definition) is 1. The van der Waals surface area contributed by atoms with Gasteiger partial charge in [0.05, 0.1) is 12.2 Å². The highest BCUT2D eigenvalue weighted by atomic mass is 16.5. The van der Waals surface area contributed by atoms with Crippen molar-refractivity contribution in [3.63, 3.8) is 0 Å². The Balaban J connectivity index is 1.96. The number of amides is 1. The molecule has 0 spiro atoms. The number of benzene rings is 1. The Morgan fingerprint density at radius 1 is 1.30 bits per heavy atom. The zero-order valence-corrected chi connectivity index (χ0v) is 11.7. The van der Waals surface area contributed by atoms with Crippen molar-refractivity contribution >= 4 is 5.91 Å². The third kappa shape index (κ3) is 3.82. The summed E-state index contributed by atoms with van der Waals surface area (Å²) < 4.78 is 5.43. The lowest BCUT2D eigenvalue weighted by Gasteiger charge is -2.08. The number of aryl methyl sites for hydroxylation is 1. The molecule has 2 aromatic rings. The van der Waals surface area contributed by atoms with Gasteiger partial charge in [0.2, 0.25) is 0 Å². The molecule has 4 heteroatoms. The quantitative estimate of drug-likeness (QED) is 0.908. The number of hydrogen-bond acceptors (Lipinski definition) is 3. The molecule has 0 saturated heterocycles. The number of pyridine rings is 1. The minimum atomic E-state index is -0.126. The second-order valence-corrected chi connectivity index (χ2v) is 4.45. The van der Waals surface area contributed by atoms with E-state index in [0.29, 0.717) is 18.7 Å². The van der Waals surface area contributed by atoms with Crippen LogP contribution in [0.1, 0.15) is 28.5 Å². The van der Waals surface area contributed by atoms with Gasteiger partial charge in [0.25, 0.3) is 5.91 Å². The summed E-state index contributed by atoms with van der Waals surface area (Å²) in [6.07, 6.45) is 1.58. The number of aromatic nitrogens is 1. The van der Waals surface area contributed by atoms with E-state index in [1.165, 1.54) is 0 Å². The van der Waals surface area contributed by atoms with Crippen LogP contribution in [0.2, 0.25) is 0 Å². The van der Waals surface area contributed by atoms with Gasteiger partial charge in [-0.25, -0.2) is 0 Å². The van der Waals surface area contributed by atoms with Gasteiger partial charge in [-0.1, -0.05) is 12.1 Å². The van der Waals surface area contributed by atoms with Gasteiger partial charge in [0, 0.05) is 18.4 Å². The molecule has 2 rings (SSSR count). The van der Waals surface area contributed by atoms with Crippen LogP contribution in [0, 0.1) is 6.92 Å². The smallest absolute Gasteiger partial charge is 0.253 e. The standard InChI is InChI=1S/C16H18N2O2/c1-3-20-15-6-4-5-13(9-15)10-18-16(19)14-8-7-12(2)17-11-14/h4-9,11H,3,10H2,1-2H3,(H,18,19). The largest absolute Gasteiger partial charge is 0.494 e. The third-order valence-corrected chi connectivity index (χ3v) is 2.84. The number of ether oxygens (including phenoxy) is 1. The monoisotopic (exact) mass is 270 g/mol. The van der Waals surface area contributed by atoms with Crippen molar-refractivity contribution in [3.8, 4) is 5.75 Å². The molecule has 0 aliphatic heterocycles. The van der Waals surface area contributed by atoms with Crippen LogP contribution in [0.4, 0.5) is 0 Å². The number of carbonyl (C=O) groups is 1.